The Bertz CT molecular complexity index is 129. The van der Waals surface area contributed by atoms with Crippen molar-refractivity contribution in [3.05, 3.63) is 0 Å². The molecule has 5 nitrogen and oxygen atoms in total. The summed E-state index contributed by atoms with van der Waals surface area (Å²) in [6.45, 7) is 0. The van der Waals surface area contributed by atoms with Crippen LogP contribution in [0.3, 0.4) is 0 Å². The van der Waals surface area contributed by atoms with Crippen LogP contribution in [0.2, 0.25) is 0 Å². The van der Waals surface area contributed by atoms with Gasteiger partial charge in [-0.05, 0) is 11.0 Å². The molecular formula is C6H17NO4Si. The van der Waals surface area contributed by atoms with Crippen molar-refractivity contribution in [1.82, 2.24) is 5.32 Å². The fourth-order valence-electron chi connectivity index (χ4n) is 0.681. The van der Waals surface area contributed by atoms with Gasteiger partial charge in [-0.25, -0.2) is 0 Å². The largest absolute Gasteiger partial charge is 0.367 e. The minimum Gasteiger partial charge on any atom is -0.352 e. The smallest absolute Gasteiger partial charge is 0.352 e. The zero-order chi connectivity index (χ0) is 8.91. The Morgan fingerprint density at radius 2 is 1.50 bits per heavy atom. The predicted molar refractivity (Wildman–Crippen MR) is 49.2 cm³/mol. The molecule has 0 aliphatic carbocycles. The maximum Gasteiger partial charge on any atom is 0.367 e. The van der Waals surface area contributed by atoms with E-state index in [-0.39, 0.29) is 11.0 Å². The Morgan fingerprint density at radius 1 is 1.17 bits per heavy atom. The number of likely N-dealkylation sites (N-methyl/N-ethyl adjacent to an activating group) is 1. The summed E-state index contributed by atoms with van der Waals surface area (Å²) in [7, 11) is 5.43. The number of carbonyl (C=O) groups excluding carboxylic acids is 1. The average molecular weight is 195 g/mol. The number of amides is 1. The first kappa shape index (κ1) is 14.1. The van der Waals surface area contributed by atoms with Crippen LogP contribution in [0.4, 0.5) is 0 Å². The first-order chi connectivity index (χ1) is 5.16. The van der Waals surface area contributed by atoms with Crippen LogP contribution in [0.25, 0.3) is 0 Å². The summed E-state index contributed by atoms with van der Waals surface area (Å²) in [4.78, 5) is 11.0. The maximum absolute atomic E-state index is 11.0. The highest BCUT2D eigenvalue weighted by Crippen LogP contribution is 2.11. The lowest BCUT2D eigenvalue weighted by Gasteiger charge is -2.25. The molecule has 1 amide bonds. The van der Waals surface area contributed by atoms with Crippen LogP contribution >= 0.6 is 0 Å². The second-order valence-corrected chi connectivity index (χ2v) is 1.75. The van der Waals surface area contributed by atoms with E-state index in [1.807, 2.05) is 0 Å². The van der Waals surface area contributed by atoms with E-state index in [4.69, 9.17) is 14.2 Å². The SMILES string of the molecule is CNC(=O)C(OC)(OC)OC.[SiH4]. The molecule has 0 heterocycles. The number of hydrogen-bond donors (Lipinski definition) is 1. The van der Waals surface area contributed by atoms with Crippen molar-refractivity contribution >= 4 is 16.9 Å². The van der Waals surface area contributed by atoms with Crippen molar-refractivity contribution < 1.29 is 19.0 Å². The molecule has 1 N–H and O–H groups in total. The topological polar surface area (TPSA) is 56.8 Å². The molecular weight excluding hydrogens is 178 g/mol. The Labute approximate surface area is 76.4 Å². The van der Waals surface area contributed by atoms with Crippen LogP contribution in [0.1, 0.15) is 0 Å². The molecule has 0 aliphatic heterocycles. The van der Waals surface area contributed by atoms with Crippen molar-refractivity contribution in [1.29, 1.82) is 0 Å². The molecule has 0 fully saturated rings. The van der Waals surface area contributed by atoms with Gasteiger partial charge in [0.25, 0.3) is 0 Å². The Morgan fingerprint density at radius 3 is 1.58 bits per heavy atom. The second-order valence-electron chi connectivity index (χ2n) is 1.75. The lowest BCUT2D eigenvalue weighted by molar-refractivity contribution is -0.326. The lowest BCUT2D eigenvalue weighted by atomic mass is 10.5. The molecule has 0 radical (unpaired) electrons. The van der Waals surface area contributed by atoms with Crippen LogP contribution in [0, 0.1) is 0 Å². The highest BCUT2D eigenvalue weighted by molar-refractivity contribution is 5.81. The third kappa shape index (κ3) is 2.56. The molecule has 0 aromatic heterocycles. The molecule has 0 aromatic carbocycles. The van der Waals surface area contributed by atoms with Crippen molar-refractivity contribution in [3.8, 4) is 0 Å². The van der Waals surface area contributed by atoms with Gasteiger partial charge in [-0.15, -0.1) is 0 Å². The standard InChI is InChI=1S/C6H13NO4.H4Si/c1-7-5(8)6(9-2,10-3)11-4;/h1-4H3,(H,7,8);1H4. The van der Waals surface area contributed by atoms with Crippen LogP contribution in [-0.4, -0.2) is 51.2 Å². The first-order valence-electron chi connectivity index (χ1n) is 3.04. The van der Waals surface area contributed by atoms with Crippen LogP contribution < -0.4 is 5.32 Å². The fourth-order valence-corrected chi connectivity index (χ4v) is 0.681. The summed E-state index contributed by atoms with van der Waals surface area (Å²) in [6, 6.07) is 0. The van der Waals surface area contributed by atoms with E-state index in [0.29, 0.717) is 0 Å². The van der Waals surface area contributed by atoms with E-state index < -0.39 is 11.9 Å². The predicted octanol–water partition coefficient (Wildman–Crippen LogP) is -2.13. The molecule has 0 aliphatic rings. The van der Waals surface area contributed by atoms with Gasteiger partial charge < -0.3 is 19.5 Å². The van der Waals surface area contributed by atoms with Crippen molar-refractivity contribution in [2.45, 2.75) is 5.97 Å². The van der Waals surface area contributed by atoms with Gasteiger partial charge in [0.05, 0.1) is 0 Å². The molecule has 0 saturated carbocycles. The minimum atomic E-state index is -1.62. The molecule has 0 aromatic rings. The summed E-state index contributed by atoms with van der Waals surface area (Å²) in [6.07, 6.45) is 0. The molecule has 74 valence electrons. The van der Waals surface area contributed by atoms with Gasteiger partial charge >= 0.3 is 11.9 Å². The van der Waals surface area contributed by atoms with Gasteiger partial charge in [-0.2, -0.15) is 0 Å². The van der Waals surface area contributed by atoms with Gasteiger partial charge in [0, 0.05) is 28.4 Å². The Kier molecular flexibility index (Phi) is 7.20. The van der Waals surface area contributed by atoms with Gasteiger partial charge in [0.2, 0.25) is 0 Å². The number of rotatable bonds is 4. The highest BCUT2D eigenvalue weighted by atomic mass is 28.1. The van der Waals surface area contributed by atoms with Crippen LogP contribution in [-0.2, 0) is 19.0 Å². The minimum absolute atomic E-state index is 0. The van der Waals surface area contributed by atoms with E-state index in [9.17, 15) is 4.79 Å². The van der Waals surface area contributed by atoms with Crippen LogP contribution in [0.5, 0.6) is 0 Å². The number of nitrogens with one attached hydrogen (secondary N) is 1. The molecule has 0 spiro atoms. The Hall–Kier alpha value is -0.433. The number of ether oxygens (including phenoxy) is 3. The van der Waals surface area contributed by atoms with Crippen molar-refractivity contribution in [2.24, 2.45) is 0 Å². The van der Waals surface area contributed by atoms with E-state index in [0.717, 1.165) is 0 Å². The fraction of sp³-hybridized carbons (Fsp3) is 0.833. The van der Waals surface area contributed by atoms with Gasteiger partial charge in [-0.3, -0.25) is 4.79 Å². The molecule has 0 rings (SSSR count). The summed E-state index contributed by atoms with van der Waals surface area (Å²) < 4.78 is 14.2. The molecule has 6 heteroatoms. The van der Waals surface area contributed by atoms with E-state index in [1.165, 1.54) is 28.4 Å². The van der Waals surface area contributed by atoms with Crippen LogP contribution in [0.15, 0.2) is 0 Å². The Balaban J connectivity index is 0. The zero-order valence-corrected chi connectivity index (χ0v) is 7.13. The monoisotopic (exact) mass is 195 g/mol. The van der Waals surface area contributed by atoms with Crippen molar-refractivity contribution in [3.63, 3.8) is 0 Å². The third-order valence-corrected chi connectivity index (χ3v) is 1.31. The van der Waals surface area contributed by atoms with Gasteiger partial charge in [0.15, 0.2) is 0 Å². The van der Waals surface area contributed by atoms with Gasteiger partial charge in [-0.1, -0.05) is 0 Å². The van der Waals surface area contributed by atoms with E-state index >= 15 is 0 Å². The number of methoxy groups -OCH3 is 3. The molecule has 0 bridgehead atoms. The van der Waals surface area contributed by atoms with E-state index in [1.54, 1.807) is 0 Å². The lowest BCUT2D eigenvalue weighted by Crippen LogP contribution is -2.50. The summed E-state index contributed by atoms with van der Waals surface area (Å²) in [5.74, 6) is -2.10. The molecule has 0 saturated heterocycles. The highest BCUT2D eigenvalue weighted by Gasteiger charge is 2.38. The average Bonchev–Trinajstić information content (AvgIpc) is 2.08. The number of hydrogen-bond acceptors (Lipinski definition) is 4. The quantitative estimate of drug-likeness (QED) is 0.411. The van der Waals surface area contributed by atoms with Gasteiger partial charge in [0.1, 0.15) is 0 Å². The van der Waals surface area contributed by atoms with Crippen molar-refractivity contribution in [2.75, 3.05) is 28.4 Å². The zero-order valence-electron chi connectivity index (χ0n) is 7.13. The third-order valence-electron chi connectivity index (χ3n) is 1.31. The number of carbonyl (C=O) groups is 1. The molecule has 12 heavy (non-hydrogen) atoms. The maximum atomic E-state index is 11.0. The summed E-state index contributed by atoms with van der Waals surface area (Å²) in [5, 5.41) is 2.34. The summed E-state index contributed by atoms with van der Waals surface area (Å²) >= 11 is 0. The first-order valence-corrected chi connectivity index (χ1v) is 3.04. The normalized spacial score (nSPS) is 10.3. The second kappa shape index (κ2) is 6.12. The molecule has 0 unspecified atom stereocenters. The summed E-state index contributed by atoms with van der Waals surface area (Å²) in [5.41, 5.74) is 0. The van der Waals surface area contributed by atoms with E-state index in [2.05, 4.69) is 5.32 Å². The molecule has 0 atom stereocenters.